The maximum atomic E-state index is 14.3. The van der Waals surface area contributed by atoms with Crippen LogP contribution in [0.2, 0.25) is 5.02 Å². The molecule has 3 rings (SSSR count). The number of hydrogen-bond acceptors (Lipinski definition) is 4. The summed E-state index contributed by atoms with van der Waals surface area (Å²) in [6, 6.07) is 5.85. The molecule has 0 aliphatic heterocycles. The Bertz CT molecular complexity index is 1100. The monoisotopic (exact) mass is 434 g/mol. The first-order chi connectivity index (χ1) is 13.3. The highest BCUT2D eigenvalue weighted by Gasteiger charge is 2.32. The van der Waals surface area contributed by atoms with Gasteiger partial charge < -0.3 is 9.15 Å². The normalized spacial score (nSPS) is 12.4. The number of fused-ring (bicyclic) bond motifs is 1. The summed E-state index contributed by atoms with van der Waals surface area (Å²) in [5.74, 6) is -9.85. The van der Waals surface area contributed by atoms with Gasteiger partial charge in [-0.1, -0.05) is 11.6 Å². The lowest BCUT2D eigenvalue weighted by Gasteiger charge is -2.05. The van der Waals surface area contributed by atoms with Crippen LogP contribution in [0, 0.1) is 23.3 Å². The molecule has 10 heteroatoms. The van der Waals surface area contributed by atoms with Crippen LogP contribution in [0.5, 0.6) is 0 Å². The Kier molecular flexibility index (Phi) is 5.76. The van der Waals surface area contributed by atoms with Crippen molar-refractivity contribution < 1.29 is 35.7 Å². The number of carbonyl (C=O) groups is 1. The van der Waals surface area contributed by atoms with Crippen LogP contribution in [-0.4, -0.2) is 16.8 Å². The van der Waals surface area contributed by atoms with Crippen molar-refractivity contribution in [1.82, 2.24) is 0 Å². The van der Waals surface area contributed by atoms with E-state index >= 15 is 0 Å². The molecule has 0 fully saturated rings. The maximum absolute atomic E-state index is 14.3. The van der Waals surface area contributed by atoms with Crippen molar-refractivity contribution >= 4 is 39.3 Å². The highest BCUT2D eigenvalue weighted by molar-refractivity contribution is 7.84. The van der Waals surface area contributed by atoms with Crippen LogP contribution in [0.3, 0.4) is 0 Å². The number of rotatable bonds is 5. The zero-order valence-corrected chi connectivity index (χ0v) is 15.7. The fourth-order valence-electron chi connectivity index (χ4n) is 2.55. The van der Waals surface area contributed by atoms with Crippen LogP contribution in [0.15, 0.2) is 33.6 Å². The quantitative estimate of drug-likeness (QED) is 0.242. The second-order valence-corrected chi connectivity index (χ2v) is 7.41. The predicted molar refractivity (Wildman–Crippen MR) is 93.6 cm³/mol. The molecule has 1 heterocycles. The van der Waals surface area contributed by atoms with Crippen LogP contribution in [-0.2, 0) is 21.3 Å². The van der Waals surface area contributed by atoms with E-state index < -0.39 is 68.1 Å². The fourth-order valence-corrected chi connectivity index (χ4v) is 3.73. The van der Waals surface area contributed by atoms with Gasteiger partial charge in [-0.15, -0.1) is 0 Å². The molecule has 0 N–H and O–H groups in total. The largest absolute Gasteiger partial charge is 0.462 e. The van der Waals surface area contributed by atoms with Gasteiger partial charge in [0, 0.05) is 9.92 Å². The van der Waals surface area contributed by atoms with Gasteiger partial charge in [-0.2, -0.15) is 4.39 Å². The fraction of sp³-hybridized carbons (Fsp3) is 0.167. The molecular weight excluding hydrogens is 424 g/mol. The van der Waals surface area contributed by atoms with E-state index in [4.69, 9.17) is 20.8 Å². The number of esters is 1. The zero-order valence-electron chi connectivity index (χ0n) is 14.2. The Morgan fingerprint density at radius 1 is 1.07 bits per heavy atom. The molecule has 0 bridgehead atoms. The third kappa shape index (κ3) is 3.51. The summed E-state index contributed by atoms with van der Waals surface area (Å²) in [7, 11) is -1.82. The van der Waals surface area contributed by atoms with Crippen molar-refractivity contribution in [3.05, 3.63) is 63.9 Å². The van der Waals surface area contributed by atoms with Crippen LogP contribution in [0.25, 0.3) is 11.0 Å². The van der Waals surface area contributed by atoms with Crippen molar-refractivity contribution in [3.8, 4) is 0 Å². The topological polar surface area (TPSA) is 56.5 Å². The average Bonchev–Trinajstić information content (AvgIpc) is 3.04. The molecule has 2 aromatic carbocycles. The van der Waals surface area contributed by atoms with Crippen molar-refractivity contribution in [2.45, 2.75) is 17.6 Å². The van der Waals surface area contributed by atoms with Crippen molar-refractivity contribution in [2.24, 2.45) is 0 Å². The summed E-state index contributed by atoms with van der Waals surface area (Å²) in [5.41, 5.74) is -1.64. The molecule has 0 unspecified atom stereocenters. The minimum absolute atomic E-state index is 0.126. The maximum Gasteiger partial charge on any atom is 0.342 e. The minimum Gasteiger partial charge on any atom is -0.462 e. The second-order valence-electron chi connectivity index (χ2n) is 5.52. The first-order valence-corrected chi connectivity index (χ1v) is 9.54. The predicted octanol–water partition coefficient (Wildman–Crippen LogP) is 5.13. The van der Waals surface area contributed by atoms with Gasteiger partial charge in [-0.3, -0.25) is 4.21 Å². The number of halogens is 5. The number of carbonyl (C=O) groups excluding carboxylic acids is 1. The Labute approximate surface area is 163 Å². The first kappa shape index (κ1) is 20.3. The molecule has 0 saturated carbocycles. The van der Waals surface area contributed by atoms with Crippen LogP contribution in [0.1, 0.15) is 23.0 Å². The summed E-state index contributed by atoms with van der Waals surface area (Å²) in [5, 5.41) is -0.509. The molecule has 1 atom stereocenters. The molecule has 0 radical (unpaired) electrons. The van der Waals surface area contributed by atoms with Gasteiger partial charge in [-0.25, -0.2) is 18.0 Å². The standard InChI is InChI=1S/C18H11ClF4O4S/c1-2-26-18(24)11-10(7-28(25)9-5-3-8(19)4-6-9)27-17-12(11)13(20)14(21)15(22)16(17)23/h3-6H,2,7H2,1H3/t28-/m1/s1. The molecule has 0 amide bonds. The lowest BCUT2D eigenvalue weighted by atomic mass is 10.1. The molecule has 0 saturated heterocycles. The van der Waals surface area contributed by atoms with E-state index in [1.54, 1.807) is 0 Å². The SMILES string of the molecule is CCOC(=O)c1c(C[S@@](=O)c2ccc(Cl)cc2)oc2c(F)c(F)c(F)c(F)c12. The van der Waals surface area contributed by atoms with Gasteiger partial charge in [0.25, 0.3) is 0 Å². The molecule has 4 nitrogen and oxygen atoms in total. The molecule has 0 aliphatic rings. The summed E-state index contributed by atoms with van der Waals surface area (Å²) in [6.07, 6.45) is 0. The third-order valence-electron chi connectivity index (χ3n) is 3.80. The Morgan fingerprint density at radius 3 is 2.29 bits per heavy atom. The van der Waals surface area contributed by atoms with Crippen molar-refractivity contribution in [3.63, 3.8) is 0 Å². The zero-order chi connectivity index (χ0) is 20.6. The Balaban J connectivity index is 2.18. The van der Waals surface area contributed by atoms with Gasteiger partial charge in [0.1, 0.15) is 11.3 Å². The molecule has 0 spiro atoms. The minimum atomic E-state index is -2.10. The van der Waals surface area contributed by atoms with E-state index in [-0.39, 0.29) is 11.5 Å². The van der Waals surface area contributed by atoms with Crippen LogP contribution in [0.4, 0.5) is 17.6 Å². The van der Waals surface area contributed by atoms with Crippen molar-refractivity contribution in [1.29, 1.82) is 0 Å². The smallest absolute Gasteiger partial charge is 0.342 e. The molecule has 1 aromatic heterocycles. The van der Waals surface area contributed by atoms with E-state index in [1.165, 1.54) is 31.2 Å². The molecule has 3 aromatic rings. The molecule has 148 valence electrons. The summed E-state index contributed by atoms with van der Waals surface area (Å²) >= 11 is 5.76. The van der Waals surface area contributed by atoms with Gasteiger partial charge >= 0.3 is 5.97 Å². The van der Waals surface area contributed by atoms with Gasteiger partial charge in [-0.05, 0) is 31.2 Å². The van der Waals surface area contributed by atoms with Gasteiger partial charge in [0.05, 0.1) is 28.5 Å². The van der Waals surface area contributed by atoms with E-state index in [2.05, 4.69) is 0 Å². The van der Waals surface area contributed by atoms with E-state index in [9.17, 15) is 26.6 Å². The summed E-state index contributed by atoms with van der Waals surface area (Å²) in [6.45, 7) is 1.34. The van der Waals surface area contributed by atoms with Gasteiger partial charge in [0.2, 0.25) is 11.6 Å². The first-order valence-electron chi connectivity index (χ1n) is 7.84. The molecule has 28 heavy (non-hydrogen) atoms. The highest BCUT2D eigenvalue weighted by atomic mass is 35.5. The van der Waals surface area contributed by atoms with Crippen molar-refractivity contribution in [2.75, 3.05) is 6.61 Å². The number of furan rings is 1. The second kappa shape index (κ2) is 7.92. The average molecular weight is 435 g/mol. The third-order valence-corrected chi connectivity index (χ3v) is 5.37. The summed E-state index contributed by atoms with van der Waals surface area (Å²) < 4.78 is 78.0. The lowest BCUT2D eigenvalue weighted by Crippen LogP contribution is -2.09. The number of benzene rings is 2. The van der Waals surface area contributed by atoms with Crippen LogP contribution >= 0.6 is 11.6 Å². The summed E-state index contributed by atoms with van der Waals surface area (Å²) in [4.78, 5) is 12.5. The van der Waals surface area contributed by atoms with E-state index in [0.29, 0.717) is 5.02 Å². The number of hydrogen-bond donors (Lipinski definition) is 0. The van der Waals surface area contributed by atoms with Gasteiger partial charge in [0.15, 0.2) is 17.2 Å². The van der Waals surface area contributed by atoms with Crippen LogP contribution < -0.4 is 0 Å². The highest BCUT2D eigenvalue weighted by Crippen LogP contribution is 2.35. The number of ether oxygens (including phenoxy) is 1. The Hall–Kier alpha value is -2.39. The Morgan fingerprint density at radius 2 is 1.68 bits per heavy atom. The van der Waals surface area contributed by atoms with E-state index in [0.717, 1.165) is 0 Å². The molecule has 0 aliphatic carbocycles. The molecular formula is C18H11ClF4O4S. The van der Waals surface area contributed by atoms with E-state index in [1.807, 2.05) is 0 Å². The lowest BCUT2D eigenvalue weighted by molar-refractivity contribution is 0.0526.